The lowest BCUT2D eigenvalue weighted by Crippen LogP contribution is -2.24. The zero-order chi connectivity index (χ0) is 25.9. The van der Waals surface area contributed by atoms with E-state index in [9.17, 15) is 9.18 Å². The van der Waals surface area contributed by atoms with Gasteiger partial charge in [0.2, 0.25) is 0 Å². The number of nitrogens with one attached hydrogen (secondary N) is 3. The molecule has 3 N–H and O–H groups in total. The van der Waals surface area contributed by atoms with Crippen LogP contribution in [0.25, 0.3) is 17.2 Å². The van der Waals surface area contributed by atoms with Crippen molar-refractivity contribution in [2.75, 3.05) is 5.32 Å². The molecule has 0 aliphatic carbocycles. The molecule has 5 aromatic heterocycles. The van der Waals surface area contributed by atoms with Crippen molar-refractivity contribution in [3.63, 3.8) is 0 Å². The summed E-state index contributed by atoms with van der Waals surface area (Å²) in [6.45, 7) is 5.86. The average molecular weight is 499 g/mol. The van der Waals surface area contributed by atoms with Crippen LogP contribution in [0.3, 0.4) is 0 Å². The summed E-state index contributed by atoms with van der Waals surface area (Å²) >= 11 is 0. The van der Waals surface area contributed by atoms with Crippen LogP contribution in [-0.4, -0.2) is 45.8 Å². The van der Waals surface area contributed by atoms with E-state index < -0.39 is 5.82 Å². The molecule has 0 radical (unpaired) electrons. The molecule has 5 heterocycles. The molecule has 11 nitrogen and oxygen atoms in total. The van der Waals surface area contributed by atoms with Gasteiger partial charge in [0.25, 0.3) is 5.91 Å². The summed E-state index contributed by atoms with van der Waals surface area (Å²) in [4.78, 5) is 30.5. The number of aromatic amines is 1. The van der Waals surface area contributed by atoms with Crippen LogP contribution in [0.15, 0.2) is 55.1 Å². The number of rotatable bonds is 7. The Balaban J connectivity index is 1.26. The van der Waals surface area contributed by atoms with E-state index in [1.54, 1.807) is 24.5 Å². The van der Waals surface area contributed by atoms with Crippen LogP contribution < -0.4 is 10.6 Å². The van der Waals surface area contributed by atoms with Gasteiger partial charge in [0.1, 0.15) is 11.5 Å². The maximum absolute atomic E-state index is 13.2. The first-order valence-electron chi connectivity index (χ1n) is 11.4. The monoisotopic (exact) mass is 498 g/mol. The number of halogens is 1. The molecule has 0 unspecified atom stereocenters. The molecule has 1 amide bonds. The van der Waals surface area contributed by atoms with E-state index in [1.807, 2.05) is 39.0 Å². The highest BCUT2D eigenvalue weighted by Gasteiger charge is 2.14. The first-order valence-corrected chi connectivity index (χ1v) is 11.4. The van der Waals surface area contributed by atoms with E-state index >= 15 is 0 Å². The van der Waals surface area contributed by atoms with Gasteiger partial charge in [-0.15, -0.1) is 0 Å². The molecule has 0 fully saturated rings. The van der Waals surface area contributed by atoms with E-state index in [0.29, 0.717) is 40.1 Å². The minimum atomic E-state index is -0.442. The van der Waals surface area contributed by atoms with Crippen LogP contribution in [0.5, 0.6) is 0 Å². The molecule has 0 spiro atoms. The minimum absolute atomic E-state index is 0.255. The second-order valence-electron chi connectivity index (χ2n) is 8.48. The van der Waals surface area contributed by atoms with E-state index in [2.05, 4.69) is 45.9 Å². The number of pyridine rings is 2. The summed E-state index contributed by atoms with van der Waals surface area (Å²) in [7, 11) is 0. The molecule has 5 aromatic rings. The van der Waals surface area contributed by atoms with E-state index in [0.717, 1.165) is 23.1 Å². The van der Waals surface area contributed by atoms with Crippen molar-refractivity contribution in [1.82, 2.24) is 45.2 Å². The maximum atomic E-state index is 13.2. The van der Waals surface area contributed by atoms with Gasteiger partial charge in [-0.2, -0.15) is 10.2 Å². The number of hydrogen-bond donors (Lipinski definition) is 3. The van der Waals surface area contributed by atoms with E-state index in [4.69, 9.17) is 0 Å². The Kier molecular flexibility index (Phi) is 6.37. The molecule has 12 heteroatoms. The minimum Gasteiger partial charge on any atom is -0.347 e. The van der Waals surface area contributed by atoms with Crippen molar-refractivity contribution in [1.29, 1.82) is 0 Å². The molecule has 0 saturated heterocycles. The fraction of sp³-hybridized carbons (Fsp3) is 0.160. The van der Waals surface area contributed by atoms with E-state index in [1.165, 1.54) is 10.9 Å². The van der Waals surface area contributed by atoms with Gasteiger partial charge in [0, 0.05) is 48.0 Å². The van der Waals surface area contributed by atoms with Gasteiger partial charge in [-0.05, 0) is 44.0 Å². The molecule has 0 aliphatic heterocycles. The number of anilines is 2. The predicted octanol–water partition coefficient (Wildman–Crippen LogP) is 3.58. The van der Waals surface area contributed by atoms with Crippen molar-refractivity contribution in [3.8, 4) is 17.2 Å². The van der Waals surface area contributed by atoms with Gasteiger partial charge < -0.3 is 10.6 Å². The number of amides is 1. The largest absolute Gasteiger partial charge is 0.347 e. The molecule has 37 heavy (non-hydrogen) atoms. The van der Waals surface area contributed by atoms with Crippen molar-refractivity contribution in [3.05, 3.63) is 89.1 Å². The summed E-state index contributed by atoms with van der Waals surface area (Å²) in [6.07, 6.45) is 5.53. The predicted molar refractivity (Wildman–Crippen MR) is 134 cm³/mol. The number of H-pyrrole nitrogens is 1. The molecule has 0 aromatic carbocycles. The van der Waals surface area contributed by atoms with Crippen molar-refractivity contribution in [2.24, 2.45) is 0 Å². The Bertz CT molecular complexity index is 1570. The zero-order valence-electron chi connectivity index (χ0n) is 20.3. The molecule has 0 atom stereocenters. The number of carbonyl (C=O) groups excluding carboxylic acids is 1. The highest BCUT2D eigenvalue weighted by atomic mass is 19.1. The van der Waals surface area contributed by atoms with Gasteiger partial charge in [-0.3, -0.25) is 14.9 Å². The number of carbonyl (C=O) groups is 1. The van der Waals surface area contributed by atoms with Crippen molar-refractivity contribution >= 4 is 17.5 Å². The lowest BCUT2D eigenvalue weighted by Gasteiger charge is -2.10. The molecular weight excluding hydrogens is 475 g/mol. The summed E-state index contributed by atoms with van der Waals surface area (Å²) in [5.74, 6) is 1.46. The molecule has 0 saturated carbocycles. The Hall–Kier alpha value is -5.00. The topological polar surface area (TPSA) is 139 Å². The Morgan fingerprint density at radius 2 is 1.89 bits per heavy atom. The number of aryl methyl sites for hydroxylation is 3. The Morgan fingerprint density at radius 3 is 2.57 bits per heavy atom. The van der Waals surface area contributed by atoms with Gasteiger partial charge >= 0.3 is 0 Å². The van der Waals surface area contributed by atoms with Crippen LogP contribution >= 0.6 is 0 Å². The Labute approximate surface area is 211 Å². The third-order valence-electron chi connectivity index (χ3n) is 5.42. The SMILES string of the molecule is Cc1cc(Nc2cc(C)[nH]n2)nc(-c2cnc(C(=O)NCc3ccc(-n4cc(F)cn4)nc3)c(C)c2)n1. The quantitative estimate of drug-likeness (QED) is 0.309. The van der Waals surface area contributed by atoms with E-state index in [-0.39, 0.29) is 12.5 Å². The van der Waals surface area contributed by atoms with Crippen molar-refractivity contribution in [2.45, 2.75) is 27.3 Å². The van der Waals surface area contributed by atoms with Crippen LogP contribution in [0.2, 0.25) is 0 Å². The second kappa shape index (κ2) is 9.93. The number of aromatic nitrogens is 8. The summed E-state index contributed by atoms with van der Waals surface area (Å²) in [5.41, 5.74) is 4.16. The number of hydrogen-bond acceptors (Lipinski definition) is 8. The second-order valence-corrected chi connectivity index (χ2v) is 8.48. The molecule has 0 bridgehead atoms. The third-order valence-corrected chi connectivity index (χ3v) is 5.42. The normalized spacial score (nSPS) is 10.9. The first-order chi connectivity index (χ1) is 17.8. The third kappa shape index (κ3) is 5.48. The number of nitrogens with zero attached hydrogens (tertiary/aromatic N) is 7. The lowest BCUT2D eigenvalue weighted by atomic mass is 10.1. The Morgan fingerprint density at radius 1 is 1.03 bits per heavy atom. The standard InChI is InChI=1S/C25H23FN10O/c1-14-6-18(24-31-15(2)7-20(33-24)32-21-8-16(3)34-35-21)11-28-23(14)25(37)29-10-17-4-5-22(27-9-17)36-13-19(26)12-30-36/h4-9,11-13H,10H2,1-3H3,(H,29,37)(H2,31,32,33,34,35). The maximum Gasteiger partial charge on any atom is 0.270 e. The summed E-state index contributed by atoms with van der Waals surface area (Å²) in [6, 6.07) is 9.02. The summed E-state index contributed by atoms with van der Waals surface area (Å²) in [5, 5.41) is 16.9. The highest BCUT2D eigenvalue weighted by molar-refractivity contribution is 5.94. The summed E-state index contributed by atoms with van der Waals surface area (Å²) < 4.78 is 14.5. The van der Waals surface area contributed by atoms with Crippen molar-refractivity contribution < 1.29 is 9.18 Å². The fourth-order valence-electron chi connectivity index (χ4n) is 3.66. The molecular formula is C25H23FN10O. The molecule has 0 aliphatic rings. The first kappa shape index (κ1) is 23.7. The van der Waals surface area contributed by atoms with Crippen LogP contribution in [0.4, 0.5) is 16.0 Å². The van der Waals surface area contributed by atoms with Crippen LogP contribution in [0, 0.1) is 26.6 Å². The van der Waals surface area contributed by atoms with Crippen LogP contribution in [-0.2, 0) is 6.54 Å². The average Bonchev–Trinajstić information content (AvgIpc) is 3.50. The lowest BCUT2D eigenvalue weighted by molar-refractivity contribution is 0.0945. The van der Waals surface area contributed by atoms with Crippen LogP contribution in [0.1, 0.15) is 33.0 Å². The fourth-order valence-corrected chi connectivity index (χ4v) is 3.66. The zero-order valence-corrected chi connectivity index (χ0v) is 20.3. The molecule has 5 rings (SSSR count). The molecule has 186 valence electrons. The van der Waals surface area contributed by atoms with Gasteiger partial charge in [-0.1, -0.05) is 6.07 Å². The highest BCUT2D eigenvalue weighted by Crippen LogP contribution is 2.21. The van der Waals surface area contributed by atoms with Gasteiger partial charge in [-0.25, -0.2) is 24.0 Å². The smallest absolute Gasteiger partial charge is 0.270 e. The van der Waals surface area contributed by atoms with Gasteiger partial charge in [0.15, 0.2) is 23.3 Å². The van der Waals surface area contributed by atoms with Gasteiger partial charge in [0.05, 0.1) is 12.4 Å².